The molecule has 0 N–H and O–H groups in total. The molecular formula is C19H29N2OP. The van der Waals surface area contributed by atoms with Gasteiger partial charge in [0.2, 0.25) is 0 Å². The lowest BCUT2D eigenvalue weighted by molar-refractivity contribution is 0.267. The highest BCUT2D eigenvalue weighted by Crippen LogP contribution is 2.56. The summed E-state index contributed by atoms with van der Waals surface area (Å²) in [5, 5.41) is 0. The first-order valence-corrected chi connectivity index (χ1v) is 9.29. The van der Waals surface area contributed by atoms with Crippen LogP contribution in [0.25, 0.3) is 0 Å². The minimum absolute atomic E-state index is 0.0372. The van der Waals surface area contributed by atoms with Crippen LogP contribution in [0.4, 0.5) is 0 Å². The molecule has 0 aromatic heterocycles. The largest absolute Gasteiger partial charge is 0.445 e. The van der Waals surface area contributed by atoms with Gasteiger partial charge < -0.3 is 13.9 Å². The van der Waals surface area contributed by atoms with Crippen molar-refractivity contribution in [2.45, 2.75) is 59.0 Å². The fourth-order valence-corrected chi connectivity index (χ4v) is 4.28. The lowest BCUT2D eigenvalue weighted by Gasteiger charge is -2.42. The Morgan fingerprint density at radius 1 is 0.913 bits per heavy atom. The fourth-order valence-electron chi connectivity index (χ4n) is 2.30. The van der Waals surface area contributed by atoms with Crippen LogP contribution in [-0.2, 0) is 10.9 Å². The van der Waals surface area contributed by atoms with E-state index in [0.29, 0.717) is 0 Å². The molecule has 1 heterocycles. The summed E-state index contributed by atoms with van der Waals surface area (Å²) >= 11 is 0. The molecule has 0 saturated carbocycles. The molecule has 0 bridgehead atoms. The average Bonchev–Trinajstić information content (AvgIpc) is 2.89. The van der Waals surface area contributed by atoms with Gasteiger partial charge in [0, 0.05) is 23.5 Å². The maximum Gasteiger partial charge on any atom is 0.309 e. The first-order chi connectivity index (χ1) is 10.7. The third-order valence-corrected chi connectivity index (χ3v) is 6.05. The van der Waals surface area contributed by atoms with Crippen LogP contribution < -0.4 is 0 Å². The number of rotatable bonds is 4. The highest BCUT2D eigenvalue weighted by molar-refractivity contribution is 7.48. The zero-order valence-electron chi connectivity index (χ0n) is 15.2. The van der Waals surface area contributed by atoms with Crippen LogP contribution in [0.3, 0.4) is 0 Å². The Morgan fingerprint density at radius 3 is 1.91 bits per heavy atom. The predicted octanol–water partition coefficient (Wildman–Crippen LogP) is 5.67. The van der Waals surface area contributed by atoms with Gasteiger partial charge in [0.15, 0.2) is 0 Å². The molecule has 1 aliphatic heterocycles. The van der Waals surface area contributed by atoms with Crippen molar-refractivity contribution in [2.24, 2.45) is 0 Å². The number of allylic oxidation sites excluding steroid dienone is 1. The second kappa shape index (κ2) is 6.97. The smallest absolute Gasteiger partial charge is 0.309 e. The summed E-state index contributed by atoms with van der Waals surface area (Å²) in [6.45, 7) is 13.3. The SMILES string of the molecule is CC(C)(C)N1C=CN(C(C)(C)C)P1O/C=C\Cc1ccccc1. The van der Waals surface area contributed by atoms with Crippen molar-refractivity contribution in [3.63, 3.8) is 0 Å². The van der Waals surface area contributed by atoms with Crippen LogP contribution in [0.2, 0.25) is 0 Å². The van der Waals surface area contributed by atoms with Crippen LogP contribution in [0, 0.1) is 0 Å². The van der Waals surface area contributed by atoms with Gasteiger partial charge in [-0.05, 0) is 59.6 Å². The van der Waals surface area contributed by atoms with E-state index < -0.39 is 8.45 Å². The molecule has 23 heavy (non-hydrogen) atoms. The zero-order valence-corrected chi connectivity index (χ0v) is 16.0. The first kappa shape index (κ1) is 17.9. The highest BCUT2D eigenvalue weighted by Gasteiger charge is 2.40. The maximum atomic E-state index is 6.18. The van der Waals surface area contributed by atoms with E-state index in [0.717, 1.165) is 6.42 Å². The monoisotopic (exact) mass is 332 g/mol. The summed E-state index contributed by atoms with van der Waals surface area (Å²) in [4.78, 5) is 0. The third kappa shape index (κ3) is 4.75. The molecule has 2 rings (SSSR count). The first-order valence-electron chi connectivity index (χ1n) is 8.12. The van der Waals surface area contributed by atoms with Crippen molar-refractivity contribution in [3.05, 3.63) is 60.6 Å². The van der Waals surface area contributed by atoms with Gasteiger partial charge >= 0.3 is 8.45 Å². The molecule has 0 amide bonds. The summed E-state index contributed by atoms with van der Waals surface area (Å²) < 4.78 is 10.8. The minimum Gasteiger partial charge on any atom is -0.445 e. The molecule has 0 spiro atoms. The van der Waals surface area contributed by atoms with Crippen molar-refractivity contribution in [2.75, 3.05) is 0 Å². The Hall–Kier alpha value is -1.47. The van der Waals surface area contributed by atoms with Gasteiger partial charge in [-0.15, -0.1) is 0 Å². The van der Waals surface area contributed by atoms with E-state index in [-0.39, 0.29) is 11.1 Å². The second-order valence-corrected chi connectivity index (χ2v) is 9.33. The molecule has 0 saturated heterocycles. The topological polar surface area (TPSA) is 15.7 Å². The number of benzene rings is 1. The van der Waals surface area contributed by atoms with E-state index in [4.69, 9.17) is 4.52 Å². The van der Waals surface area contributed by atoms with E-state index in [1.54, 1.807) is 0 Å². The van der Waals surface area contributed by atoms with Crippen molar-refractivity contribution in [1.29, 1.82) is 0 Å². The van der Waals surface area contributed by atoms with Crippen LogP contribution in [0.15, 0.2) is 55.1 Å². The Morgan fingerprint density at radius 2 is 1.43 bits per heavy atom. The molecule has 1 aromatic rings. The third-order valence-electron chi connectivity index (χ3n) is 3.54. The molecule has 0 unspecified atom stereocenters. The van der Waals surface area contributed by atoms with E-state index in [9.17, 15) is 0 Å². The number of hydrogen-bond acceptors (Lipinski definition) is 3. The standard InChI is InChI=1S/C19H29N2OP/c1-18(2,3)20-14-15-21(19(4,5)6)23(20)22-16-10-13-17-11-8-7-9-12-17/h7-12,14-16H,13H2,1-6H3/b16-10-. The molecule has 1 aliphatic rings. The van der Waals surface area contributed by atoms with Gasteiger partial charge in [0.1, 0.15) is 0 Å². The normalized spacial score (nSPS) is 16.6. The second-order valence-electron chi connectivity index (χ2n) is 7.75. The molecule has 0 radical (unpaired) electrons. The summed E-state index contributed by atoms with van der Waals surface area (Å²) in [5.41, 5.74) is 1.37. The maximum absolute atomic E-state index is 6.18. The molecule has 126 valence electrons. The van der Waals surface area contributed by atoms with Crippen molar-refractivity contribution < 1.29 is 4.52 Å². The van der Waals surface area contributed by atoms with Gasteiger partial charge in [-0.25, -0.2) is 0 Å². The molecule has 3 nitrogen and oxygen atoms in total. The summed E-state index contributed by atoms with van der Waals surface area (Å²) in [5.74, 6) is 0. The van der Waals surface area contributed by atoms with E-state index in [1.165, 1.54) is 5.56 Å². The molecule has 4 heteroatoms. The van der Waals surface area contributed by atoms with Crippen molar-refractivity contribution in [3.8, 4) is 0 Å². The zero-order chi connectivity index (χ0) is 17.1. The number of nitrogens with zero attached hydrogens (tertiary/aromatic N) is 2. The van der Waals surface area contributed by atoms with Crippen LogP contribution in [0.5, 0.6) is 0 Å². The Bertz CT molecular complexity index is 531. The van der Waals surface area contributed by atoms with E-state index in [1.807, 2.05) is 12.3 Å². The van der Waals surface area contributed by atoms with Crippen molar-refractivity contribution in [1.82, 2.24) is 9.34 Å². The fraction of sp³-hybridized carbons (Fsp3) is 0.474. The van der Waals surface area contributed by atoms with Crippen LogP contribution in [0.1, 0.15) is 47.1 Å². The Kier molecular flexibility index (Phi) is 5.41. The molecule has 0 atom stereocenters. The molecule has 0 aliphatic carbocycles. The quantitative estimate of drug-likeness (QED) is 0.522. The predicted molar refractivity (Wildman–Crippen MR) is 99.6 cm³/mol. The Labute approximate surface area is 142 Å². The van der Waals surface area contributed by atoms with Gasteiger partial charge in [0.25, 0.3) is 0 Å². The Balaban J connectivity index is 2.04. The summed E-state index contributed by atoms with van der Waals surface area (Å²) in [6, 6.07) is 10.4. The molecular weight excluding hydrogens is 303 g/mol. The lowest BCUT2D eigenvalue weighted by Crippen LogP contribution is -2.38. The van der Waals surface area contributed by atoms with E-state index >= 15 is 0 Å². The minimum atomic E-state index is -0.860. The van der Waals surface area contributed by atoms with Crippen molar-refractivity contribution >= 4 is 8.45 Å². The van der Waals surface area contributed by atoms with Gasteiger partial charge in [-0.3, -0.25) is 0 Å². The average molecular weight is 332 g/mol. The number of hydrogen-bond donors (Lipinski definition) is 0. The van der Waals surface area contributed by atoms with E-state index in [2.05, 4.69) is 93.6 Å². The van der Waals surface area contributed by atoms with Gasteiger partial charge in [-0.2, -0.15) is 0 Å². The van der Waals surface area contributed by atoms with Gasteiger partial charge in [0.05, 0.1) is 6.26 Å². The lowest BCUT2D eigenvalue weighted by atomic mass is 10.1. The van der Waals surface area contributed by atoms with Crippen LogP contribution in [-0.4, -0.2) is 20.4 Å². The highest BCUT2D eigenvalue weighted by atomic mass is 31.2. The van der Waals surface area contributed by atoms with Gasteiger partial charge in [-0.1, -0.05) is 30.3 Å². The molecule has 1 aromatic carbocycles. The van der Waals surface area contributed by atoms with Crippen LogP contribution >= 0.6 is 8.45 Å². The summed E-state index contributed by atoms with van der Waals surface area (Å²) in [6.07, 6.45) is 9.16. The molecule has 0 fully saturated rings. The summed E-state index contributed by atoms with van der Waals surface area (Å²) in [7, 11) is -0.860.